The highest BCUT2D eigenvalue weighted by atomic mass is 32.2. The summed E-state index contributed by atoms with van der Waals surface area (Å²) >= 11 is 7.71. The summed E-state index contributed by atoms with van der Waals surface area (Å²) in [5.74, 6) is 0.749. The van der Waals surface area contributed by atoms with Crippen molar-refractivity contribution in [2.24, 2.45) is 0 Å². The van der Waals surface area contributed by atoms with E-state index in [-0.39, 0.29) is 0 Å². The molecule has 0 spiro atoms. The van der Waals surface area contributed by atoms with E-state index in [1.54, 1.807) is 38.9 Å². The van der Waals surface area contributed by atoms with Crippen LogP contribution in [-0.2, 0) is 0 Å². The Kier molecular flexibility index (Phi) is 4.36. The first-order chi connectivity index (χ1) is 12.2. The normalized spacial score (nSPS) is 10.7. The van der Waals surface area contributed by atoms with Crippen molar-refractivity contribution < 1.29 is 0 Å². The summed E-state index contributed by atoms with van der Waals surface area (Å²) in [5.41, 5.74) is 1.45. The van der Waals surface area contributed by atoms with Gasteiger partial charge in [0.15, 0.2) is 10.2 Å². The van der Waals surface area contributed by atoms with Gasteiger partial charge in [0.1, 0.15) is 0 Å². The van der Waals surface area contributed by atoms with Crippen molar-refractivity contribution in [1.82, 2.24) is 14.6 Å². The Hall–Kier alpha value is -2.47. The number of nitrogens with zero attached hydrogens (tertiary/aromatic N) is 5. The van der Waals surface area contributed by atoms with Gasteiger partial charge in [-0.3, -0.25) is 4.31 Å². The number of thiol groups is 1. The van der Waals surface area contributed by atoms with E-state index >= 15 is 0 Å². The van der Waals surface area contributed by atoms with Gasteiger partial charge >= 0.3 is 0 Å². The van der Waals surface area contributed by atoms with E-state index in [9.17, 15) is 0 Å². The van der Waals surface area contributed by atoms with Crippen LogP contribution in [0.4, 0.5) is 11.5 Å². The van der Waals surface area contributed by atoms with Gasteiger partial charge in [-0.05, 0) is 36.4 Å². The lowest BCUT2D eigenvalue weighted by atomic mass is 10.2. The molecule has 0 radical (unpaired) electrons. The lowest BCUT2D eigenvalue weighted by molar-refractivity contribution is 0.914. The zero-order valence-electron chi connectivity index (χ0n) is 12.8. The number of anilines is 2. The molecular formula is C17H11N5S3. The lowest BCUT2D eigenvalue weighted by Crippen LogP contribution is -2.05. The summed E-state index contributed by atoms with van der Waals surface area (Å²) in [6.45, 7) is 0. The Labute approximate surface area is 158 Å². The van der Waals surface area contributed by atoms with Gasteiger partial charge in [0.05, 0.1) is 23.5 Å². The molecule has 5 nitrogen and oxygen atoms in total. The van der Waals surface area contributed by atoms with Crippen molar-refractivity contribution in [3.63, 3.8) is 0 Å². The number of fused-ring (bicyclic) bond motifs is 1. The highest BCUT2D eigenvalue weighted by Crippen LogP contribution is 2.34. The summed E-state index contributed by atoms with van der Waals surface area (Å²) in [7, 11) is 0. The van der Waals surface area contributed by atoms with E-state index in [4.69, 9.17) is 5.26 Å². The maximum Gasteiger partial charge on any atom is 0.214 e. The maximum absolute atomic E-state index is 8.91. The molecule has 0 fully saturated rings. The highest BCUT2D eigenvalue weighted by Gasteiger charge is 2.15. The first kappa shape index (κ1) is 16.0. The molecule has 0 aliphatic rings. The van der Waals surface area contributed by atoms with Crippen molar-refractivity contribution in [2.75, 3.05) is 4.31 Å². The molecule has 4 rings (SSSR count). The monoisotopic (exact) mass is 381 g/mol. The quantitative estimate of drug-likeness (QED) is 0.515. The first-order valence-electron chi connectivity index (χ1n) is 7.31. The number of hydrogen-bond donors (Lipinski definition) is 1. The third-order valence-electron chi connectivity index (χ3n) is 3.46. The molecule has 0 aliphatic heterocycles. The second kappa shape index (κ2) is 6.80. The predicted molar refractivity (Wildman–Crippen MR) is 104 cm³/mol. The minimum atomic E-state index is 0.610. The summed E-state index contributed by atoms with van der Waals surface area (Å²) in [6.07, 6.45) is 1.74. The molecular weight excluding hydrogens is 370 g/mol. The molecule has 2 heterocycles. The molecule has 0 unspecified atom stereocenters. The van der Waals surface area contributed by atoms with Gasteiger partial charge in [-0.15, -0.1) is 5.10 Å². The van der Waals surface area contributed by atoms with Crippen LogP contribution >= 0.6 is 35.9 Å². The fourth-order valence-corrected chi connectivity index (χ4v) is 4.42. The van der Waals surface area contributed by atoms with Crippen molar-refractivity contribution in [3.8, 4) is 6.07 Å². The van der Waals surface area contributed by atoms with Crippen LogP contribution < -0.4 is 4.31 Å². The number of nitriles is 1. The molecule has 0 amide bonds. The third kappa shape index (κ3) is 3.22. The van der Waals surface area contributed by atoms with Gasteiger partial charge < -0.3 is 0 Å². The van der Waals surface area contributed by atoms with Crippen LogP contribution in [-0.4, -0.2) is 14.6 Å². The Morgan fingerprint density at radius 2 is 1.88 bits per heavy atom. The second-order valence-corrected chi connectivity index (χ2v) is 7.74. The smallest absolute Gasteiger partial charge is 0.214 e. The number of hydrogen-bond acceptors (Lipinski definition) is 7. The van der Waals surface area contributed by atoms with Gasteiger partial charge in [-0.25, -0.2) is 4.98 Å². The van der Waals surface area contributed by atoms with E-state index in [2.05, 4.69) is 41.1 Å². The number of benzene rings is 2. The molecule has 4 aromatic rings. The molecule has 0 N–H and O–H groups in total. The average Bonchev–Trinajstić information content (AvgIpc) is 3.22. The molecule has 2 aromatic carbocycles. The van der Waals surface area contributed by atoms with Crippen molar-refractivity contribution in [3.05, 3.63) is 66.4 Å². The van der Waals surface area contributed by atoms with Gasteiger partial charge in [0.25, 0.3) is 0 Å². The fraction of sp³-hybridized carbons (Fsp3) is 0. The molecule has 0 bridgehead atoms. The van der Waals surface area contributed by atoms with Crippen LogP contribution in [0, 0.1) is 11.3 Å². The average molecular weight is 382 g/mol. The number of imidazole rings is 1. The van der Waals surface area contributed by atoms with Gasteiger partial charge in [0, 0.05) is 4.90 Å². The first-order valence-corrected chi connectivity index (χ1v) is 9.34. The Bertz CT molecular complexity index is 1050. The molecule has 122 valence electrons. The van der Waals surface area contributed by atoms with E-state index in [1.807, 2.05) is 30.3 Å². The molecule has 0 atom stereocenters. The van der Waals surface area contributed by atoms with Gasteiger partial charge in [0.2, 0.25) is 4.96 Å². The standard InChI is InChI=1S/C17H11N5S3/c18-10-12-6-8-13(9-7-12)22(23)15-11-19-16-21(15)20-17(25-16)24-14-4-2-1-3-5-14/h1-9,11,23H. The van der Waals surface area contributed by atoms with E-state index < -0.39 is 0 Å². The predicted octanol–water partition coefficient (Wildman–Crippen LogP) is 4.80. The molecule has 0 saturated heterocycles. The van der Waals surface area contributed by atoms with Crippen LogP contribution in [0.2, 0.25) is 0 Å². The zero-order valence-corrected chi connectivity index (χ0v) is 15.3. The third-order valence-corrected chi connectivity index (χ3v) is 5.87. The van der Waals surface area contributed by atoms with E-state index in [1.165, 1.54) is 11.3 Å². The fourth-order valence-electron chi connectivity index (χ4n) is 2.25. The largest absolute Gasteiger partial charge is 0.270 e. The molecule has 25 heavy (non-hydrogen) atoms. The minimum Gasteiger partial charge on any atom is -0.270 e. The van der Waals surface area contributed by atoms with Crippen LogP contribution in [0.3, 0.4) is 0 Å². The molecule has 0 aliphatic carbocycles. The van der Waals surface area contributed by atoms with E-state index in [0.717, 1.165) is 25.7 Å². The molecule has 8 heteroatoms. The van der Waals surface area contributed by atoms with Gasteiger partial charge in [-0.1, -0.05) is 54.1 Å². The van der Waals surface area contributed by atoms with Crippen LogP contribution in [0.1, 0.15) is 5.56 Å². The summed E-state index contributed by atoms with van der Waals surface area (Å²) in [4.78, 5) is 6.37. The van der Waals surface area contributed by atoms with Crippen molar-refractivity contribution in [1.29, 1.82) is 5.26 Å². The number of rotatable bonds is 4. The Balaban J connectivity index is 1.64. The summed E-state index contributed by atoms with van der Waals surface area (Å²) < 4.78 is 4.40. The van der Waals surface area contributed by atoms with Gasteiger partial charge in [-0.2, -0.15) is 9.78 Å². The zero-order chi connectivity index (χ0) is 17.2. The molecule has 2 aromatic heterocycles. The van der Waals surface area contributed by atoms with Crippen LogP contribution in [0.15, 0.2) is 70.0 Å². The minimum absolute atomic E-state index is 0.610. The molecule has 0 saturated carbocycles. The SMILES string of the molecule is N#Cc1ccc(N(S)c2cnc3sc(Sc4ccccc4)nn23)cc1. The van der Waals surface area contributed by atoms with Crippen LogP contribution in [0.5, 0.6) is 0 Å². The second-order valence-electron chi connectivity index (χ2n) is 5.06. The van der Waals surface area contributed by atoms with Crippen molar-refractivity contribution >= 4 is 52.4 Å². The summed E-state index contributed by atoms with van der Waals surface area (Å²) in [5, 5.41) is 13.5. The summed E-state index contributed by atoms with van der Waals surface area (Å²) in [6, 6.07) is 19.4. The number of aromatic nitrogens is 3. The lowest BCUT2D eigenvalue weighted by Gasteiger charge is -2.15. The van der Waals surface area contributed by atoms with Crippen LogP contribution in [0.25, 0.3) is 4.96 Å². The van der Waals surface area contributed by atoms with E-state index in [0.29, 0.717) is 5.56 Å². The Morgan fingerprint density at radius 3 is 2.60 bits per heavy atom. The maximum atomic E-state index is 8.91. The van der Waals surface area contributed by atoms with Crippen molar-refractivity contribution in [2.45, 2.75) is 9.24 Å². The topological polar surface area (TPSA) is 57.2 Å². The highest BCUT2D eigenvalue weighted by molar-refractivity contribution is 8.01. The Morgan fingerprint density at radius 1 is 1.12 bits per heavy atom.